The number of hydrogen-bond donors (Lipinski definition) is 4. The SMILES string of the molecule is Cn1ncc(NC(=O)Oc2nc(C3CC3)cnc2Nc2cncnc2)c1C(=O)NCCC(C)(C)O. The van der Waals surface area contributed by atoms with Crippen molar-refractivity contribution in [1.82, 2.24) is 35.0 Å². The van der Waals surface area contributed by atoms with Gasteiger partial charge in [-0.3, -0.25) is 14.8 Å². The molecule has 1 fully saturated rings. The number of carbonyl (C=O) groups excluding carboxylic acids is 2. The topological polar surface area (TPSA) is 169 Å². The Labute approximate surface area is 201 Å². The van der Waals surface area contributed by atoms with Crippen molar-refractivity contribution in [3.8, 4) is 5.88 Å². The second-order valence-corrected chi connectivity index (χ2v) is 8.84. The predicted octanol–water partition coefficient (Wildman–Crippen LogP) is 2.12. The number of amides is 2. The molecule has 3 heterocycles. The first-order valence-corrected chi connectivity index (χ1v) is 11.1. The van der Waals surface area contributed by atoms with Crippen molar-refractivity contribution in [3.63, 3.8) is 0 Å². The van der Waals surface area contributed by atoms with Crippen LogP contribution in [0.3, 0.4) is 0 Å². The summed E-state index contributed by atoms with van der Waals surface area (Å²) in [5.74, 6) is 0.0389. The first kappa shape index (κ1) is 24.0. The second-order valence-electron chi connectivity index (χ2n) is 8.84. The van der Waals surface area contributed by atoms with Crippen LogP contribution in [0.5, 0.6) is 5.88 Å². The zero-order chi connectivity index (χ0) is 25.0. The van der Waals surface area contributed by atoms with Gasteiger partial charge in [-0.15, -0.1) is 0 Å². The number of aliphatic hydroxyl groups is 1. The molecule has 4 rings (SSSR count). The van der Waals surface area contributed by atoms with Gasteiger partial charge in [0.25, 0.3) is 11.8 Å². The zero-order valence-electron chi connectivity index (χ0n) is 19.6. The van der Waals surface area contributed by atoms with Crippen molar-refractivity contribution in [2.24, 2.45) is 7.05 Å². The van der Waals surface area contributed by atoms with E-state index in [2.05, 4.69) is 41.0 Å². The van der Waals surface area contributed by atoms with Crippen LogP contribution in [0.4, 0.5) is 22.0 Å². The fourth-order valence-electron chi connectivity index (χ4n) is 3.21. The maximum absolute atomic E-state index is 12.8. The first-order valence-electron chi connectivity index (χ1n) is 11.1. The minimum absolute atomic E-state index is 0.0178. The molecule has 0 aromatic carbocycles. The van der Waals surface area contributed by atoms with Crippen molar-refractivity contribution in [2.45, 2.75) is 44.6 Å². The van der Waals surface area contributed by atoms with Crippen LogP contribution < -0.4 is 20.7 Å². The summed E-state index contributed by atoms with van der Waals surface area (Å²) < 4.78 is 6.82. The molecule has 13 heteroatoms. The molecule has 0 radical (unpaired) electrons. The second kappa shape index (κ2) is 10.0. The summed E-state index contributed by atoms with van der Waals surface area (Å²) in [6, 6.07) is 0. The Hall–Kier alpha value is -4.13. The molecule has 3 aromatic rings. The molecule has 13 nitrogen and oxygen atoms in total. The van der Waals surface area contributed by atoms with Gasteiger partial charge in [-0.05, 0) is 33.1 Å². The van der Waals surface area contributed by atoms with Gasteiger partial charge in [-0.1, -0.05) is 0 Å². The van der Waals surface area contributed by atoms with Gasteiger partial charge in [0.2, 0.25) is 0 Å². The van der Waals surface area contributed by atoms with Gasteiger partial charge in [-0.2, -0.15) is 5.10 Å². The normalized spacial score (nSPS) is 13.3. The van der Waals surface area contributed by atoms with Crippen molar-refractivity contribution >= 4 is 29.2 Å². The molecule has 0 atom stereocenters. The Kier molecular flexibility index (Phi) is 6.87. The van der Waals surface area contributed by atoms with Crippen molar-refractivity contribution in [1.29, 1.82) is 0 Å². The van der Waals surface area contributed by atoms with Crippen molar-refractivity contribution < 1.29 is 19.4 Å². The monoisotopic (exact) mass is 481 g/mol. The molecule has 2 amide bonds. The third-order valence-corrected chi connectivity index (χ3v) is 5.18. The molecule has 0 spiro atoms. The zero-order valence-corrected chi connectivity index (χ0v) is 19.6. The van der Waals surface area contributed by atoms with E-state index in [-0.39, 0.29) is 29.6 Å². The minimum Gasteiger partial charge on any atom is -0.390 e. The molecule has 4 N–H and O–H groups in total. The van der Waals surface area contributed by atoms with E-state index in [0.29, 0.717) is 18.0 Å². The van der Waals surface area contributed by atoms with Crippen LogP contribution in [0.15, 0.2) is 31.1 Å². The lowest BCUT2D eigenvalue weighted by Crippen LogP contribution is -2.32. The smallest absolute Gasteiger partial charge is 0.390 e. The molecule has 0 saturated heterocycles. The number of hydrogen-bond acceptors (Lipinski definition) is 10. The summed E-state index contributed by atoms with van der Waals surface area (Å²) in [5, 5.41) is 22.1. The molecule has 0 unspecified atom stereocenters. The highest BCUT2D eigenvalue weighted by Crippen LogP contribution is 2.40. The summed E-state index contributed by atoms with van der Waals surface area (Å²) in [7, 11) is 1.58. The number of ether oxygens (including phenoxy) is 1. The molecule has 0 aliphatic heterocycles. The number of aromatic nitrogens is 6. The molecule has 35 heavy (non-hydrogen) atoms. The predicted molar refractivity (Wildman–Crippen MR) is 125 cm³/mol. The van der Waals surface area contributed by atoms with Gasteiger partial charge >= 0.3 is 6.09 Å². The maximum atomic E-state index is 12.8. The highest BCUT2D eigenvalue weighted by atomic mass is 16.6. The van der Waals surface area contributed by atoms with Gasteiger partial charge < -0.3 is 20.5 Å². The van der Waals surface area contributed by atoms with E-state index in [4.69, 9.17) is 4.74 Å². The minimum atomic E-state index is -0.918. The van der Waals surface area contributed by atoms with E-state index >= 15 is 0 Å². The van der Waals surface area contributed by atoms with Crippen LogP contribution in [0.2, 0.25) is 0 Å². The van der Waals surface area contributed by atoms with Crippen LogP contribution in [-0.2, 0) is 7.05 Å². The number of carbonyl (C=O) groups is 2. The Morgan fingerprint density at radius 2 is 1.94 bits per heavy atom. The molecular weight excluding hydrogens is 454 g/mol. The fraction of sp³-hybridized carbons (Fsp3) is 0.409. The van der Waals surface area contributed by atoms with Crippen LogP contribution >= 0.6 is 0 Å². The van der Waals surface area contributed by atoms with E-state index < -0.39 is 17.6 Å². The maximum Gasteiger partial charge on any atom is 0.418 e. The lowest BCUT2D eigenvalue weighted by atomic mass is 10.1. The number of rotatable bonds is 9. The van der Waals surface area contributed by atoms with Gasteiger partial charge in [-0.25, -0.2) is 24.7 Å². The third kappa shape index (κ3) is 6.47. The van der Waals surface area contributed by atoms with E-state index in [1.165, 1.54) is 17.2 Å². The van der Waals surface area contributed by atoms with E-state index in [9.17, 15) is 14.7 Å². The van der Waals surface area contributed by atoms with E-state index in [0.717, 1.165) is 18.5 Å². The molecular formula is C22H27N9O4. The summed E-state index contributed by atoms with van der Waals surface area (Å²) in [5.41, 5.74) is 0.656. The number of anilines is 3. The Balaban J connectivity index is 1.48. The van der Waals surface area contributed by atoms with Crippen molar-refractivity contribution in [2.75, 3.05) is 17.2 Å². The van der Waals surface area contributed by atoms with Crippen LogP contribution in [0.1, 0.15) is 55.2 Å². The van der Waals surface area contributed by atoms with E-state index in [1.54, 1.807) is 39.5 Å². The van der Waals surface area contributed by atoms with Crippen molar-refractivity contribution in [3.05, 3.63) is 42.5 Å². The lowest BCUT2D eigenvalue weighted by molar-refractivity contribution is 0.0691. The average molecular weight is 482 g/mol. The fourth-order valence-corrected chi connectivity index (χ4v) is 3.21. The molecule has 0 bridgehead atoms. The largest absolute Gasteiger partial charge is 0.418 e. The Bertz CT molecular complexity index is 1200. The van der Waals surface area contributed by atoms with Gasteiger partial charge in [0.05, 0.1) is 47.5 Å². The number of nitrogens with zero attached hydrogens (tertiary/aromatic N) is 6. The van der Waals surface area contributed by atoms with Gasteiger partial charge in [0.1, 0.15) is 12.0 Å². The molecule has 1 aliphatic carbocycles. The molecule has 3 aromatic heterocycles. The quantitative estimate of drug-likeness (QED) is 0.355. The third-order valence-electron chi connectivity index (χ3n) is 5.18. The van der Waals surface area contributed by atoms with Gasteiger partial charge in [0, 0.05) is 19.5 Å². The summed E-state index contributed by atoms with van der Waals surface area (Å²) in [6.45, 7) is 3.56. The average Bonchev–Trinajstić information content (AvgIpc) is 3.58. The first-order chi connectivity index (χ1) is 16.7. The standard InChI is InChI=1S/C22H27N9O4/c1-22(2,34)6-7-25-19(32)17-16(11-27-31(17)3)30-21(33)35-20-18(28-14-8-23-12-24-9-14)26-10-15(29-20)13-4-5-13/h8-13,34H,4-7H2,1-3H3,(H,25,32)(H,26,28)(H,30,33). The Morgan fingerprint density at radius 3 is 2.63 bits per heavy atom. The number of aryl methyl sites for hydroxylation is 1. The summed E-state index contributed by atoms with van der Waals surface area (Å²) in [6.07, 6.45) is 8.98. The van der Waals surface area contributed by atoms with Crippen LogP contribution in [0, 0.1) is 0 Å². The summed E-state index contributed by atoms with van der Waals surface area (Å²) in [4.78, 5) is 42.1. The molecule has 1 aliphatic rings. The number of nitrogens with one attached hydrogen (secondary N) is 3. The summed E-state index contributed by atoms with van der Waals surface area (Å²) >= 11 is 0. The van der Waals surface area contributed by atoms with Crippen LogP contribution in [-0.4, -0.2) is 59.0 Å². The molecule has 1 saturated carbocycles. The Morgan fingerprint density at radius 1 is 1.20 bits per heavy atom. The highest BCUT2D eigenvalue weighted by Gasteiger charge is 2.28. The lowest BCUT2D eigenvalue weighted by Gasteiger charge is -2.17. The molecule has 184 valence electrons. The highest BCUT2D eigenvalue weighted by molar-refractivity contribution is 6.01. The van der Waals surface area contributed by atoms with Gasteiger partial charge in [0.15, 0.2) is 5.82 Å². The van der Waals surface area contributed by atoms with Crippen LogP contribution in [0.25, 0.3) is 0 Å². The van der Waals surface area contributed by atoms with E-state index in [1.807, 2.05) is 0 Å².